The van der Waals surface area contributed by atoms with Gasteiger partial charge < -0.3 is 15.0 Å². The molecule has 6 heteroatoms. The van der Waals surface area contributed by atoms with Crippen LogP contribution in [0.5, 0.6) is 5.75 Å². The molecule has 0 aliphatic carbocycles. The first kappa shape index (κ1) is 16.0. The molecule has 2 aromatic carbocycles. The standard InChI is InChI=1S/C18H17FN2O3/c1-11-7-8-15-14(9-11)21(3)17(23)18(2,24-15)16(22)20-13-6-4-5-12(19)10-13/h4-10H,1-3H3,(H,20,22). The second-order valence-electron chi connectivity index (χ2n) is 5.94. The van der Waals surface area contributed by atoms with Crippen molar-refractivity contribution in [2.45, 2.75) is 19.4 Å². The van der Waals surface area contributed by atoms with Crippen molar-refractivity contribution in [1.82, 2.24) is 0 Å². The Labute approximate surface area is 139 Å². The third-order valence-electron chi connectivity index (χ3n) is 4.02. The van der Waals surface area contributed by atoms with Gasteiger partial charge in [0.25, 0.3) is 17.4 Å². The van der Waals surface area contributed by atoms with Crippen molar-refractivity contribution in [1.29, 1.82) is 0 Å². The van der Waals surface area contributed by atoms with Gasteiger partial charge >= 0.3 is 0 Å². The van der Waals surface area contributed by atoms with Crippen molar-refractivity contribution in [3.05, 3.63) is 53.8 Å². The fraction of sp³-hybridized carbons (Fsp3) is 0.222. The monoisotopic (exact) mass is 328 g/mol. The van der Waals surface area contributed by atoms with E-state index in [1.54, 1.807) is 19.2 Å². The van der Waals surface area contributed by atoms with E-state index in [1.807, 2.05) is 19.1 Å². The molecule has 1 heterocycles. The minimum atomic E-state index is -1.73. The number of aryl methyl sites for hydroxylation is 1. The Balaban J connectivity index is 1.93. The Morgan fingerprint density at radius 1 is 1.25 bits per heavy atom. The van der Waals surface area contributed by atoms with Crippen molar-refractivity contribution in [3.63, 3.8) is 0 Å². The Kier molecular flexibility index (Phi) is 3.75. The zero-order valence-electron chi connectivity index (χ0n) is 13.6. The number of fused-ring (bicyclic) bond motifs is 1. The molecule has 1 atom stereocenters. The number of amides is 2. The number of nitrogens with one attached hydrogen (secondary N) is 1. The number of rotatable bonds is 2. The lowest BCUT2D eigenvalue weighted by Gasteiger charge is -2.38. The van der Waals surface area contributed by atoms with Crippen LogP contribution in [0.15, 0.2) is 42.5 Å². The molecule has 0 radical (unpaired) electrons. The van der Waals surface area contributed by atoms with Crippen LogP contribution in [0.2, 0.25) is 0 Å². The van der Waals surface area contributed by atoms with Crippen molar-refractivity contribution in [2.75, 3.05) is 17.3 Å². The van der Waals surface area contributed by atoms with Gasteiger partial charge in [-0.15, -0.1) is 0 Å². The van der Waals surface area contributed by atoms with Crippen LogP contribution >= 0.6 is 0 Å². The van der Waals surface area contributed by atoms with E-state index in [0.29, 0.717) is 11.4 Å². The zero-order chi connectivity index (χ0) is 17.5. The molecule has 2 aromatic rings. The van der Waals surface area contributed by atoms with Crippen LogP contribution < -0.4 is 15.0 Å². The summed E-state index contributed by atoms with van der Waals surface area (Å²) < 4.78 is 19.0. The highest BCUT2D eigenvalue weighted by Crippen LogP contribution is 2.38. The Bertz CT molecular complexity index is 837. The average molecular weight is 328 g/mol. The molecule has 0 bridgehead atoms. The van der Waals surface area contributed by atoms with Gasteiger partial charge in [0.15, 0.2) is 0 Å². The normalized spacial score (nSPS) is 19.5. The Morgan fingerprint density at radius 2 is 2.00 bits per heavy atom. The van der Waals surface area contributed by atoms with Gasteiger partial charge in [0.1, 0.15) is 11.6 Å². The van der Waals surface area contributed by atoms with Crippen LogP contribution in [0.3, 0.4) is 0 Å². The summed E-state index contributed by atoms with van der Waals surface area (Å²) >= 11 is 0. The van der Waals surface area contributed by atoms with Crippen LogP contribution in [-0.4, -0.2) is 24.5 Å². The molecule has 1 unspecified atom stereocenters. The molecular formula is C18H17FN2O3. The first-order chi connectivity index (χ1) is 11.3. The van der Waals surface area contributed by atoms with Crippen molar-refractivity contribution >= 4 is 23.2 Å². The number of hydrogen-bond acceptors (Lipinski definition) is 3. The van der Waals surface area contributed by atoms with Gasteiger partial charge in [0.05, 0.1) is 5.69 Å². The highest BCUT2D eigenvalue weighted by Gasteiger charge is 2.49. The molecule has 0 fully saturated rings. The summed E-state index contributed by atoms with van der Waals surface area (Å²) in [7, 11) is 1.59. The lowest BCUT2D eigenvalue weighted by Crippen LogP contribution is -2.59. The fourth-order valence-electron chi connectivity index (χ4n) is 2.63. The molecule has 1 aliphatic rings. The fourth-order valence-corrected chi connectivity index (χ4v) is 2.63. The predicted molar refractivity (Wildman–Crippen MR) is 88.7 cm³/mol. The van der Waals surface area contributed by atoms with E-state index in [9.17, 15) is 14.0 Å². The number of carbonyl (C=O) groups excluding carboxylic acids is 2. The molecule has 1 N–H and O–H groups in total. The first-order valence-electron chi connectivity index (χ1n) is 7.46. The van der Waals surface area contributed by atoms with Crippen LogP contribution in [0, 0.1) is 12.7 Å². The molecule has 124 valence electrons. The molecule has 1 aliphatic heterocycles. The molecule has 0 saturated heterocycles. The number of anilines is 2. The highest BCUT2D eigenvalue weighted by molar-refractivity contribution is 6.19. The van der Waals surface area contributed by atoms with Gasteiger partial charge in [-0.25, -0.2) is 4.39 Å². The summed E-state index contributed by atoms with van der Waals surface area (Å²) in [5, 5.41) is 2.53. The summed E-state index contributed by atoms with van der Waals surface area (Å²) in [6, 6.07) is 10.8. The Hall–Kier alpha value is -2.89. The maximum Gasteiger partial charge on any atom is 0.280 e. The van der Waals surface area contributed by atoms with Crippen LogP contribution in [0.1, 0.15) is 12.5 Å². The van der Waals surface area contributed by atoms with Gasteiger partial charge in [-0.1, -0.05) is 12.1 Å². The maximum absolute atomic E-state index is 13.3. The first-order valence-corrected chi connectivity index (χ1v) is 7.46. The molecular weight excluding hydrogens is 311 g/mol. The number of nitrogens with zero attached hydrogens (tertiary/aromatic N) is 1. The van der Waals surface area contributed by atoms with E-state index < -0.39 is 23.2 Å². The van der Waals surface area contributed by atoms with Crippen LogP contribution in [-0.2, 0) is 9.59 Å². The van der Waals surface area contributed by atoms with E-state index in [0.717, 1.165) is 5.56 Å². The summed E-state index contributed by atoms with van der Waals surface area (Å²) in [5.74, 6) is -1.18. The molecule has 2 amide bonds. The second kappa shape index (κ2) is 5.63. The molecule has 0 saturated carbocycles. The van der Waals surface area contributed by atoms with Gasteiger partial charge in [-0.05, 0) is 49.7 Å². The molecule has 0 spiro atoms. The average Bonchev–Trinajstić information content (AvgIpc) is 2.54. The lowest BCUT2D eigenvalue weighted by molar-refractivity contribution is -0.144. The number of likely N-dealkylation sites (N-methyl/N-ethyl adjacent to an activating group) is 1. The van der Waals surface area contributed by atoms with Gasteiger partial charge in [0.2, 0.25) is 0 Å². The summed E-state index contributed by atoms with van der Waals surface area (Å²) in [4.78, 5) is 26.7. The third-order valence-corrected chi connectivity index (χ3v) is 4.02. The predicted octanol–water partition coefficient (Wildman–Crippen LogP) is 2.89. The van der Waals surface area contributed by atoms with Gasteiger partial charge in [-0.2, -0.15) is 0 Å². The van der Waals surface area contributed by atoms with Crippen LogP contribution in [0.4, 0.5) is 15.8 Å². The third kappa shape index (κ3) is 2.60. The minimum absolute atomic E-state index is 0.259. The molecule has 24 heavy (non-hydrogen) atoms. The van der Waals surface area contributed by atoms with Gasteiger partial charge in [0, 0.05) is 12.7 Å². The molecule has 0 aromatic heterocycles. The van der Waals surface area contributed by atoms with E-state index in [-0.39, 0.29) is 5.69 Å². The van der Waals surface area contributed by atoms with Crippen molar-refractivity contribution in [3.8, 4) is 5.75 Å². The summed E-state index contributed by atoms with van der Waals surface area (Å²) in [6.45, 7) is 3.31. The van der Waals surface area contributed by atoms with E-state index >= 15 is 0 Å². The number of carbonyl (C=O) groups is 2. The zero-order valence-corrected chi connectivity index (χ0v) is 13.6. The quantitative estimate of drug-likeness (QED) is 0.863. The van der Waals surface area contributed by atoms with Crippen molar-refractivity contribution in [2.24, 2.45) is 0 Å². The SMILES string of the molecule is Cc1ccc2c(c1)N(C)C(=O)C(C)(C(=O)Nc1cccc(F)c1)O2. The van der Waals surface area contributed by atoms with E-state index in [2.05, 4.69) is 5.32 Å². The smallest absolute Gasteiger partial charge is 0.280 e. The largest absolute Gasteiger partial charge is 0.465 e. The highest BCUT2D eigenvalue weighted by atomic mass is 19.1. The Morgan fingerprint density at radius 3 is 2.71 bits per heavy atom. The minimum Gasteiger partial charge on any atom is -0.465 e. The topological polar surface area (TPSA) is 58.6 Å². The summed E-state index contributed by atoms with van der Waals surface area (Å²) in [6.07, 6.45) is 0. The van der Waals surface area contributed by atoms with Crippen LogP contribution in [0.25, 0.3) is 0 Å². The van der Waals surface area contributed by atoms with E-state index in [1.165, 1.54) is 30.0 Å². The molecule has 3 rings (SSSR count). The molecule has 5 nitrogen and oxygen atoms in total. The van der Waals surface area contributed by atoms with Crippen molar-refractivity contribution < 1.29 is 18.7 Å². The maximum atomic E-state index is 13.3. The summed E-state index contributed by atoms with van der Waals surface area (Å²) in [5.41, 5.74) is 0.111. The number of halogens is 1. The number of ether oxygens (including phenoxy) is 1. The number of hydrogen-bond donors (Lipinski definition) is 1. The van der Waals surface area contributed by atoms with Gasteiger partial charge in [-0.3, -0.25) is 9.59 Å². The lowest BCUT2D eigenvalue weighted by atomic mass is 9.99. The second-order valence-corrected chi connectivity index (χ2v) is 5.94. The number of benzene rings is 2. The van der Waals surface area contributed by atoms with E-state index in [4.69, 9.17) is 4.74 Å².